The Morgan fingerprint density at radius 3 is 2.60 bits per heavy atom. The zero-order valence-corrected chi connectivity index (χ0v) is 18.0. The maximum Gasteiger partial charge on any atom is 0.269 e. The van der Waals surface area contributed by atoms with Crippen molar-refractivity contribution in [1.82, 2.24) is 21.0 Å². The van der Waals surface area contributed by atoms with Gasteiger partial charge in [0.05, 0.1) is 5.75 Å². The lowest BCUT2D eigenvalue weighted by Gasteiger charge is -2.11. The van der Waals surface area contributed by atoms with Crippen molar-refractivity contribution in [2.75, 3.05) is 11.1 Å². The van der Waals surface area contributed by atoms with E-state index < -0.39 is 17.6 Å². The minimum atomic E-state index is -0.527. The van der Waals surface area contributed by atoms with Crippen LogP contribution < -0.4 is 16.2 Å². The van der Waals surface area contributed by atoms with Crippen molar-refractivity contribution in [2.24, 2.45) is 0 Å². The van der Waals surface area contributed by atoms with E-state index in [9.17, 15) is 14.0 Å². The number of carbonyl (C=O) groups excluding carboxylic acids is 2. The van der Waals surface area contributed by atoms with Crippen LogP contribution in [0.4, 0.5) is 15.2 Å². The highest BCUT2D eigenvalue weighted by atomic mass is 32.2. The molecule has 2 aromatic carbocycles. The van der Waals surface area contributed by atoms with Crippen molar-refractivity contribution in [1.29, 1.82) is 0 Å². The SMILES string of the molecule is CCc1cccc(C)c1Nc1nnc(SCC(=O)NNC(=O)c2ccc(F)cc2)s1. The van der Waals surface area contributed by atoms with Gasteiger partial charge in [0.25, 0.3) is 5.91 Å². The van der Waals surface area contributed by atoms with E-state index in [1.165, 1.54) is 52.9 Å². The molecule has 0 unspecified atom stereocenters. The van der Waals surface area contributed by atoms with Crippen molar-refractivity contribution >= 4 is 45.7 Å². The van der Waals surface area contributed by atoms with Gasteiger partial charge in [0.2, 0.25) is 11.0 Å². The molecule has 0 fully saturated rings. The molecule has 0 aliphatic rings. The van der Waals surface area contributed by atoms with E-state index in [0.29, 0.717) is 9.47 Å². The van der Waals surface area contributed by atoms with Crippen LogP contribution in [0.15, 0.2) is 46.8 Å². The van der Waals surface area contributed by atoms with Crippen LogP contribution in [0.2, 0.25) is 0 Å². The van der Waals surface area contributed by atoms with Gasteiger partial charge in [-0.2, -0.15) is 0 Å². The number of rotatable bonds is 7. The summed E-state index contributed by atoms with van der Waals surface area (Å²) < 4.78 is 13.5. The normalized spacial score (nSPS) is 10.5. The highest BCUT2D eigenvalue weighted by molar-refractivity contribution is 8.01. The molecule has 3 N–H and O–H groups in total. The predicted molar refractivity (Wildman–Crippen MR) is 116 cm³/mol. The number of hydrogen-bond donors (Lipinski definition) is 3. The zero-order valence-electron chi connectivity index (χ0n) is 16.4. The first kappa shape index (κ1) is 21.7. The van der Waals surface area contributed by atoms with Crippen molar-refractivity contribution in [3.63, 3.8) is 0 Å². The molecule has 3 rings (SSSR count). The molecule has 0 bridgehead atoms. The molecule has 0 spiro atoms. The summed E-state index contributed by atoms with van der Waals surface area (Å²) in [5.41, 5.74) is 8.19. The lowest BCUT2D eigenvalue weighted by atomic mass is 10.1. The summed E-state index contributed by atoms with van der Waals surface area (Å²) >= 11 is 2.56. The second-order valence-corrected chi connectivity index (χ2v) is 8.46. The summed E-state index contributed by atoms with van der Waals surface area (Å²) in [6.45, 7) is 4.12. The second kappa shape index (κ2) is 10.2. The van der Waals surface area contributed by atoms with Gasteiger partial charge in [0.15, 0.2) is 4.34 Å². The number of benzene rings is 2. The van der Waals surface area contributed by atoms with E-state index in [-0.39, 0.29) is 11.3 Å². The van der Waals surface area contributed by atoms with E-state index in [4.69, 9.17) is 0 Å². The number of halogens is 1. The van der Waals surface area contributed by atoms with E-state index in [1.807, 2.05) is 19.1 Å². The average Bonchev–Trinajstić information content (AvgIpc) is 3.20. The standard InChI is InChI=1S/C20H20FN5O2S2/c1-3-13-6-4-5-12(2)17(13)22-19-25-26-20(30-19)29-11-16(27)23-24-18(28)14-7-9-15(21)10-8-14/h4-10H,3,11H2,1-2H3,(H,22,25)(H,23,27)(H,24,28). The topological polar surface area (TPSA) is 96.0 Å². The first-order valence-electron chi connectivity index (χ1n) is 9.13. The number of nitrogens with zero attached hydrogens (tertiary/aromatic N) is 2. The van der Waals surface area contributed by atoms with Gasteiger partial charge in [-0.15, -0.1) is 10.2 Å². The van der Waals surface area contributed by atoms with Gasteiger partial charge in [-0.25, -0.2) is 4.39 Å². The number of aromatic nitrogens is 2. The molecular weight excluding hydrogens is 425 g/mol. The van der Waals surface area contributed by atoms with Crippen LogP contribution in [0, 0.1) is 12.7 Å². The van der Waals surface area contributed by atoms with E-state index in [1.54, 1.807) is 0 Å². The number of hydrazine groups is 1. The first-order valence-corrected chi connectivity index (χ1v) is 10.9. The second-order valence-electron chi connectivity index (χ2n) is 6.26. The molecule has 0 aliphatic heterocycles. The van der Waals surface area contributed by atoms with Gasteiger partial charge < -0.3 is 5.32 Å². The number of hydrogen-bond acceptors (Lipinski definition) is 7. The van der Waals surface area contributed by atoms with E-state index in [2.05, 4.69) is 39.4 Å². The molecule has 156 valence electrons. The molecule has 1 heterocycles. The van der Waals surface area contributed by atoms with Crippen molar-refractivity contribution < 1.29 is 14.0 Å². The maximum atomic E-state index is 12.9. The molecular formula is C20H20FN5O2S2. The third kappa shape index (κ3) is 5.77. The first-order chi connectivity index (χ1) is 14.5. The van der Waals surface area contributed by atoms with Crippen molar-refractivity contribution in [2.45, 2.75) is 24.6 Å². The third-order valence-corrected chi connectivity index (χ3v) is 6.10. The summed E-state index contributed by atoms with van der Waals surface area (Å²) in [5.74, 6) is -1.30. The Hall–Kier alpha value is -2.98. The van der Waals surface area contributed by atoms with Crippen LogP contribution in [0.5, 0.6) is 0 Å². The third-order valence-electron chi connectivity index (χ3n) is 4.13. The maximum absolute atomic E-state index is 12.9. The largest absolute Gasteiger partial charge is 0.330 e. The van der Waals surface area contributed by atoms with Crippen LogP contribution in [-0.2, 0) is 11.2 Å². The van der Waals surface area contributed by atoms with Crippen molar-refractivity contribution in [3.8, 4) is 0 Å². The summed E-state index contributed by atoms with van der Waals surface area (Å²) in [4.78, 5) is 23.9. The Kier molecular flexibility index (Phi) is 7.36. The smallest absolute Gasteiger partial charge is 0.269 e. The summed E-state index contributed by atoms with van der Waals surface area (Å²) in [7, 11) is 0. The molecule has 0 aliphatic carbocycles. The summed E-state index contributed by atoms with van der Waals surface area (Å²) in [6.07, 6.45) is 0.897. The van der Waals surface area contributed by atoms with Crippen LogP contribution in [-0.4, -0.2) is 27.8 Å². The van der Waals surface area contributed by atoms with Crippen LogP contribution in [0.25, 0.3) is 0 Å². The number of amides is 2. The van der Waals surface area contributed by atoms with Crippen LogP contribution in [0.1, 0.15) is 28.4 Å². The number of para-hydroxylation sites is 1. The molecule has 0 saturated carbocycles. The Morgan fingerprint density at radius 1 is 1.10 bits per heavy atom. The van der Waals surface area contributed by atoms with Crippen LogP contribution in [0.3, 0.4) is 0 Å². The van der Waals surface area contributed by atoms with Crippen molar-refractivity contribution in [3.05, 3.63) is 65.0 Å². The molecule has 30 heavy (non-hydrogen) atoms. The highest BCUT2D eigenvalue weighted by Crippen LogP contribution is 2.30. The predicted octanol–water partition coefficient (Wildman–Crippen LogP) is 3.84. The van der Waals surface area contributed by atoms with Gasteiger partial charge in [0, 0.05) is 11.3 Å². The fourth-order valence-corrected chi connectivity index (χ4v) is 4.15. The van der Waals surface area contributed by atoms with Gasteiger partial charge in [-0.05, 0) is 48.7 Å². The molecule has 10 heteroatoms. The lowest BCUT2D eigenvalue weighted by molar-refractivity contribution is -0.119. The molecule has 0 saturated heterocycles. The Balaban J connectivity index is 1.49. The van der Waals surface area contributed by atoms with Crippen LogP contribution >= 0.6 is 23.1 Å². The Morgan fingerprint density at radius 2 is 1.87 bits per heavy atom. The van der Waals surface area contributed by atoms with Gasteiger partial charge >= 0.3 is 0 Å². The molecule has 7 nitrogen and oxygen atoms in total. The van der Waals surface area contributed by atoms with Gasteiger partial charge in [-0.3, -0.25) is 20.4 Å². The zero-order chi connectivity index (χ0) is 21.5. The average molecular weight is 446 g/mol. The number of thioether (sulfide) groups is 1. The number of anilines is 2. The number of nitrogens with one attached hydrogen (secondary N) is 3. The molecule has 0 atom stereocenters. The molecule has 2 amide bonds. The fourth-order valence-electron chi connectivity index (χ4n) is 2.59. The number of aryl methyl sites for hydroxylation is 2. The fraction of sp³-hybridized carbons (Fsp3) is 0.200. The van der Waals surface area contributed by atoms with E-state index in [0.717, 1.165) is 17.7 Å². The summed E-state index contributed by atoms with van der Waals surface area (Å²) in [5, 5.41) is 12.2. The van der Waals surface area contributed by atoms with Gasteiger partial charge in [0.1, 0.15) is 5.82 Å². The molecule has 0 radical (unpaired) electrons. The molecule has 1 aromatic heterocycles. The monoisotopic (exact) mass is 445 g/mol. The quantitative estimate of drug-likeness (QED) is 0.378. The van der Waals surface area contributed by atoms with Gasteiger partial charge in [-0.1, -0.05) is 48.2 Å². The number of carbonyl (C=O) groups is 2. The highest BCUT2D eigenvalue weighted by Gasteiger charge is 2.12. The summed E-state index contributed by atoms with van der Waals surface area (Å²) in [6, 6.07) is 11.1. The molecule has 3 aromatic rings. The lowest BCUT2D eigenvalue weighted by Crippen LogP contribution is -2.42. The Labute approximate surface area is 181 Å². The minimum absolute atomic E-state index is 0.0584. The minimum Gasteiger partial charge on any atom is -0.330 e. The van der Waals surface area contributed by atoms with E-state index >= 15 is 0 Å². The Bertz CT molecular complexity index is 1040.